The van der Waals surface area contributed by atoms with E-state index in [-0.39, 0.29) is 24.8 Å². The van der Waals surface area contributed by atoms with Crippen LogP contribution in [0.3, 0.4) is 0 Å². The number of carbonyl (C=O) groups excluding carboxylic acids is 2. The number of nitrogens with one attached hydrogen (secondary N) is 2. The van der Waals surface area contributed by atoms with E-state index in [0.29, 0.717) is 11.3 Å². The van der Waals surface area contributed by atoms with Gasteiger partial charge in [0.1, 0.15) is 5.82 Å². The van der Waals surface area contributed by atoms with Gasteiger partial charge in [0.2, 0.25) is 5.91 Å². The van der Waals surface area contributed by atoms with Crippen molar-refractivity contribution >= 4 is 33.4 Å². The molecule has 2 heterocycles. The molecule has 2 N–H and O–H groups in total. The molecule has 0 saturated carbocycles. The van der Waals surface area contributed by atoms with Crippen molar-refractivity contribution in [1.29, 1.82) is 0 Å². The number of carbonyl (C=O) groups is 2. The van der Waals surface area contributed by atoms with E-state index in [1.54, 1.807) is 24.3 Å². The van der Waals surface area contributed by atoms with Crippen molar-refractivity contribution < 1.29 is 9.59 Å². The zero-order chi connectivity index (χ0) is 20.2. The molecule has 8 heteroatoms. The van der Waals surface area contributed by atoms with Gasteiger partial charge in [0, 0.05) is 47.2 Å². The Morgan fingerprint density at radius 2 is 1.93 bits per heavy atom. The lowest BCUT2D eigenvalue weighted by molar-refractivity contribution is -0.116. The smallest absolute Gasteiger partial charge is 0.251 e. The van der Waals surface area contributed by atoms with E-state index < -0.39 is 0 Å². The largest absolute Gasteiger partial charge is 0.352 e. The molecular formula is C21H20BrN5O2. The third kappa shape index (κ3) is 4.54. The highest BCUT2D eigenvalue weighted by molar-refractivity contribution is 9.10. The Kier molecular flexibility index (Phi) is 5.71. The molecule has 2 aromatic carbocycles. The fraction of sp³-hybridized carbons (Fsp3) is 0.238. The van der Waals surface area contributed by atoms with Gasteiger partial charge in [0.15, 0.2) is 5.82 Å². The Labute approximate surface area is 176 Å². The predicted octanol–water partition coefficient (Wildman–Crippen LogP) is 3.41. The second kappa shape index (κ2) is 8.57. The van der Waals surface area contributed by atoms with Crippen LogP contribution in [-0.4, -0.2) is 33.1 Å². The lowest BCUT2D eigenvalue weighted by Gasteiger charge is -2.09. The van der Waals surface area contributed by atoms with Gasteiger partial charge in [-0.1, -0.05) is 28.1 Å². The Balaban J connectivity index is 1.32. The number of nitrogens with zero attached hydrogens (tertiary/aromatic N) is 3. The molecule has 0 fully saturated rings. The quantitative estimate of drug-likeness (QED) is 0.598. The summed E-state index contributed by atoms with van der Waals surface area (Å²) in [6, 6.07) is 14.6. The summed E-state index contributed by atoms with van der Waals surface area (Å²) in [5, 5.41) is 14.2. The number of fused-ring (bicyclic) bond motifs is 1. The Morgan fingerprint density at radius 3 is 2.76 bits per heavy atom. The zero-order valence-electron chi connectivity index (χ0n) is 15.7. The number of halogens is 1. The van der Waals surface area contributed by atoms with E-state index in [9.17, 15) is 9.59 Å². The second-order valence-electron chi connectivity index (χ2n) is 6.84. The molecule has 148 valence electrons. The molecule has 0 aliphatic carbocycles. The topological polar surface area (TPSA) is 88.9 Å². The van der Waals surface area contributed by atoms with Gasteiger partial charge in [0.05, 0.1) is 0 Å². The summed E-state index contributed by atoms with van der Waals surface area (Å²) in [5.41, 5.74) is 2.18. The number of hydrogen-bond acceptors (Lipinski definition) is 4. The van der Waals surface area contributed by atoms with Crippen molar-refractivity contribution in [2.45, 2.75) is 25.8 Å². The molecule has 0 radical (unpaired) electrons. The summed E-state index contributed by atoms with van der Waals surface area (Å²) in [4.78, 5) is 24.3. The van der Waals surface area contributed by atoms with Crippen LogP contribution in [0.2, 0.25) is 0 Å². The summed E-state index contributed by atoms with van der Waals surface area (Å²) < 4.78 is 3.03. The molecule has 2 amide bonds. The molecule has 0 spiro atoms. The first kappa shape index (κ1) is 19.3. The van der Waals surface area contributed by atoms with Crippen LogP contribution in [0.25, 0.3) is 11.4 Å². The molecular weight excluding hydrogens is 434 g/mol. The van der Waals surface area contributed by atoms with Crippen LogP contribution < -0.4 is 10.6 Å². The van der Waals surface area contributed by atoms with Crippen LogP contribution in [0, 0.1) is 0 Å². The third-order valence-corrected chi connectivity index (χ3v) is 5.29. The number of rotatable bonds is 6. The van der Waals surface area contributed by atoms with Crippen LogP contribution in [0.5, 0.6) is 0 Å². The first-order valence-corrected chi connectivity index (χ1v) is 10.3. The van der Waals surface area contributed by atoms with Gasteiger partial charge in [0.25, 0.3) is 5.91 Å². The number of anilines is 1. The fourth-order valence-corrected chi connectivity index (χ4v) is 3.58. The molecule has 0 atom stereocenters. The Hall–Kier alpha value is -3.00. The molecule has 0 bridgehead atoms. The molecule has 0 saturated heterocycles. The van der Waals surface area contributed by atoms with Crippen molar-refractivity contribution in [2.75, 3.05) is 11.9 Å². The molecule has 7 nitrogen and oxygen atoms in total. The maximum atomic E-state index is 12.3. The van der Waals surface area contributed by atoms with Crippen LogP contribution >= 0.6 is 15.9 Å². The maximum absolute atomic E-state index is 12.3. The average molecular weight is 454 g/mol. The summed E-state index contributed by atoms with van der Waals surface area (Å²) in [5.74, 6) is 1.48. The average Bonchev–Trinajstić information content (AvgIpc) is 3.32. The lowest BCUT2D eigenvalue weighted by atomic mass is 10.2. The van der Waals surface area contributed by atoms with E-state index in [1.807, 2.05) is 24.3 Å². The minimum absolute atomic E-state index is 0.162. The number of amides is 2. The monoisotopic (exact) mass is 453 g/mol. The minimum atomic E-state index is -0.201. The van der Waals surface area contributed by atoms with Gasteiger partial charge in [-0.05, 0) is 42.8 Å². The molecule has 1 aliphatic rings. The van der Waals surface area contributed by atoms with E-state index in [1.165, 1.54) is 0 Å². The van der Waals surface area contributed by atoms with E-state index in [0.717, 1.165) is 41.1 Å². The van der Waals surface area contributed by atoms with Crippen LogP contribution in [0.15, 0.2) is 53.0 Å². The fourth-order valence-electron chi connectivity index (χ4n) is 3.32. The molecule has 1 aromatic heterocycles. The normalized spacial score (nSPS) is 12.4. The van der Waals surface area contributed by atoms with Crippen molar-refractivity contribution in [1.82, 2.24) is 20.1 Å². The van der Waals surface area contributed by atoms with Gasteiger partial charge in [-0.25, -0.2) is 0 Å². The van der Waals surface area contributed by atoms with Crippen molar-refractivity contribution in [2.24, 2.45) is 0 Å². The summed E-state index contributed by atoms with van der Waals surface area (Å²) in [6.07, 6.45) is 2.22. The van der Waals surface area contributed by atoms with E-state index >= 15 is 0 Å². The molecule has 4 rings (SSSR count). The van der Waals surface area contributed by atoms with Gasteiger partial charge in [-0.2, -0.15) is 0 Å². The molecule has 29 heavy (non-hydrogen) atoms. The first-order valence-electron chi connectivity index (χ1n) is 9.46. The summed E-state index contributed by atoms with van der Waals surface area (Å²) >= 11 is 3.34. The lowest BCUT2D eigenvalue weighted by Crippen LogP contribution is -2.27. The Morgan fingerprint density at radius 1 is 1.10 bits per heavy atom. The van der Waals surface area contributed by atoms with Gasteiger partial charge in [-0.15, -0.1) is 10.2 Å². The number of hydrogen-bond donors (Lipinski definition) is 2. The number of benzene rings is 2. The number of aromatic nitrogens is 3. The SMILES string of the molecule is O=C(CCNC(=O)c1ccc(Br)cc1)Nc1cccc(-c2nnc3n2CCC3)c1. The third-order valence-electron chi connectivity index (χ3n) is 4.76. The standard InChI is InChI=1S/C21H20BrN5O2/c22-16-8-6-14(7-9-16)21(29)23-11-10-19(28)24-17-4-1-3-15(13-17)20-26-25-18-5-2-12-27(18)20/h1,3-4,6-9,13H,2,5,10-12H2,(H,23,29)(H,24,28). The van der Waals surface area contributed by atoms with Crippen molar-refractivity contribution in [3.05, 3.63) is 64.4 Å². The maximum Gasteiger partial charge on any atom is 0.251 e. The van der Waals surface area contributed by atoms with Gasteiger partial charge < -0.3 is 15.2 Å². The van der Waals surface area contributed by atoms with Crippen molar-refractivity contribution in [3.63, 3.8) is 0 Å². The van der Waals surface area contributed by atoms with Crippen LogP contribution in [0.1, 0.15) is 29.0 Å². The van der Waals surface area contributed by atoms with E-state index in [4.69, 9.17) is 0 Å². The second-order valence-corrected chi connectivity index (χ2v) is 7.75. The highest BCUT2D eigenvalue weighted by Crippen LogP contribution is 2.25. The predicted molar refractivity (Wildman–Crippen MR) is 114 cm³/mol. The minimum Gasteiger partial charge on any atom is -0.352 e. The zero-order valence-corrected chi connectivity index (χ0v) is 17.3. The molecule has 1 aliphatic heterocycles. The van der Waals surface area contributed by atoms with Crippen LogP contribution in [-0.2, 0) is 17.8 Å². The summed E-state index contributed by atoms with van der Waals surface area (Å²) in [7, 11) is 0. The number of aryl methyl sites for hydroxylation is 1. The molecule has 3 aromatic rings. The van der Waals surface area contributed by atoms with Gasteiger partial charge in [-0.3, -0.25) is 9.59 Å². The van der Waals surface area contributed by atoms with E-state index in [2.05, 4.69) is 41.3 Å². The summed E-state index contributed by atoms with van der Waals surface area (Å²) in [6.45, 7) is 1.18. The highest BCUT2D eigenvalue weighted by Gasteiger charge is 2.18. The van der Waals surface area contributed by atoms with Crippen molar-refractivity contribution in [3.8, 4) is 11.4 Å². The van der Waals surface area contributed by atoms with Gasteiger partial charge >= 0.3 is 0 Å². The highest BCUT2D eigenvalue weighted by atomic mass is 79.9. The molecule has 0 unspecified atom stereocenters. The van der Waals surface area contributed by atoms with Crippen LogP contribution in [0.4, 0.5) is 5.69 Å². The Bertz CT molecular complexity index is 1050. The first-order chi connectivity index (χ1) is 14.1.